The molecule has 0 aliphatic rings. The number of nitrogens with zero attached hydrogens (tertiary/aromatic N) is 3. The van der Waals surface area contributed by atoms with Crippen molar-refractivity contribution in [3.8, 4) is 0 Å². The molecule has 0 saturated carbocycles. The first-order valence-corrected chi connectivity index (χ1v) is 5.90. The van der Waals surface area contributed by atoms with E-state index < -0.39 is 5.97 Å². The lowest BCUT2D eigenvalue weighted by Gasteiger charge is -2.22. The molecule has 17 heavy (non-hydrogen) atoms. The van der Waals surface area contributed by atoms with Crippen LogP contribution in [0, 0.1) is 5.92 Å². The largest absolute Gasteiger partial charge is 0.480 e. The van der Waals surface area contributed by atoms with Gasteiger partial charge in [-0.25, -0.2) is 0 Å². The Hall–Kier alpha value is -1.36. The fourth-order valence-electron chi connectivity index (χ4n) is 1.86. The zero-order chi connectivity index (χ0) is 12.8. The quantitative estimate of drug-likeness (QED) is 0.771. The number of carboxylic acids is 1. The van der Waals surface area contributed by atoms with Crippen molar-refractivity contribution in [3.05, 3.63) is 18.0 Å². The molecule has 0 spiro atoms. The molecule has 1 aromatic heterocycles. The van der Waals surface area contributed by atoms with Crippen molar-refractivity contribution in [1.29, 1.82) is 0 Å². The average Bonchev–Trinajstić information content (AvgIpc) is 2.59. The minimum Gasteiger partial charge on any atom is -0.480 e. The Labute approximate surface area is 102 Å². The van der Waals surface area contributed by atoms with E-state index in [1.54, 1.807) is 6.20 Å². The van der Waals surface area contributed by atoms with Crippen molar-refractivity contribution >= 4 is 5.97 Å². The van der Waals surface area contributed by atoms with E-state index in [-0.39, 0.29) is 6.54 Å². The highest BCUT2D eigenvalue weighted by atomic mass is 16.4. The molecule has 0 bridgehead atoms. The van der Waals surface area contributed by atoms with Crippen LogP contribution < -0.4 is 0 Å². The lowest BCUT2D eigenvalue weighted by molar-refractivity contribution is -0.138. The molecule has 0 atom stereocenters. The topological polar surface area (TPSA) is 58.4 Å². The predicted molar refractivity (Wildman–Crippen MR) is 65.8 cm³/mol. The predicted octanol–water partition coefficient (Wildman–Crippen LogP) is 1.01. The van der Waals surface area contributed by atoms with E-state index in [0.29, 0.717) is 5.92 Å². The molecule has 1 rings (SSSR count). The van der Waals surface area contributed by atoms with E-state index in [0.717, 1.165) is 25.2 Å². The Kier molecular flexibility index (Phi) is 5.15. The van der Waals surface area contributed by atoms with E-state index in [9.17, 15) is 4.79 Å². The van der Waals surface area contributed by atoms with E-state index in [1.165, 1.54) is 0 Å². The number of hydrogen-bond donors (Lipinski definition) is 1. The minimum atomic E-state index is -0.768. The summed E-state index contributed by atoms with van der Waals surface area (Å²) in [6.45, 7) is 5.86. The van der Waals surface area contributed by atoms with Gasteiger partial charge in [0.2, 0.25) is 0 Å². The molecule has 96 valence electrons. The SMILES string of the molecule is CC(C)CN(CCc1ccnn1C)CC(=O)O. The summed E-state index contributed by atoms with van der Waals surface area (Å²) in [7, 11) is 1.90. The van der Waals surface area contributed by atoms with Crippen molar-refractivity contribution in [3.63, 3.8) is 0 Å². The van der Waals surface area contributed by atoms with Gasteiger partial charge in [-0.3, -0.25) is 14.4 Å². The molecule has 0 aliphatic heterocycles. The first-order valence-electron chi connectivity index (χ1n) is 5.90. The zero-order valence-electron chi connectivity index (χ0n) is 10.8. The summed E-state index contributed by atoms with van der Waals surface area (Å²) < 4.78 is 1.83. The van der Waals surface area contributed by atoms with Gasteiger partial charge in [0, 0.05) is 38.4 Å². The summed E-state index contributed by atoms with van der Waals surface area (Å²) >= 11 is 0. The molecule has 0 aliphatic carbocycles. The highest BCUT2D eigenvalue weighted by Gasteiger charge is 2.12. The van der Waals surface area contributed by atoms with E-state index in [4.69, 9.17) is 5.11 Å². The van der Waals surface area contributed by atoms with Gasteiger partial charge in [0.25, 0.3) is 0 Å². The third-order valence-electron chi connectivity index (χ3n) is 2.59. The van der Waals surface area contributed by atoms with Gasteiger partial charge in [-0.15, -0.1) is 0 Å². The van der Waals surface area contributed by atoms with Crippen LogP contribution in [0.15, 0.2) is 12.3 Å². The van der Waals surface area contributed by atoms with E-state index >= 15 is 0 Å². The maximum Gasteiger partial charge on any atom is 0.317 e. The van der Waals surface area contributed by atoms with Crippen LogP contribution in [0.25, 0.3) is 0 Å². The van der Waals surface area contributed by atoms with Crippen molar-refractivity contribution < 1.29 is 9.90 Å². The Bertz CT molecular complexity index is 360. The maximum atomic E-state index is 10.8. The fourth-order valence-corrected chi connectivity index (χ4v) is 1.86. The molecular weight excluding hydrogens is 218 g/mol. The van der Waals surface area contributed by atoms with Gasteiger partial charge in [-0.05, 0) is 12.0 Å². The van der Waals surface area contributed by atoms with Gasteiger partial charge in [0.05, 0.1) is 6.54 Å². The summed E-state index contributed by atoms with van der Waals surface area (Å²) in [6, 6.07) is 1.97. The molecule has 5 heteroatoms. The molecule has 1 aromatic rings. The number of aliphatic carboxylic acids is 1. The first kappa shape index (κ1) is 13.7. The molecule has 0 aromatic carbocycles. The van der Waals surface area contributed by atoms with E-state index in [1.807, 2.05) is 22.7 Å². The molecule has 1 N–H and O–H groups in total. The average molecular weight is 239 g/mol. The number of carboxylic acid groups (broad SMARTS) is 1. The summed E-state index contributed by atoms with van der Waals surface area (Å²) in [5, 5.41) is 12.9. The number of carbonyl (C=O) groups is 1. The molecule has 1 heterocycles. The Morgan fingerprint density at radius 1 is 1.59 bits per heavy atom. The zero-order valence-corrected chi connectivity index (χ0v) is 10.8. The second-order valence-corrected chi connectivity index (χ2v) is 4.72. The summed E-state index contributed by atoms with van der Waals surface area (Å²) in [4.78, 5) is 12.7. The molecule has 0 saturated heterocycles. The lowest BCUT2D eigenvalue weighted by Crippen LogP contribution is -2.34. The van der Waals surface area contributed by atoms with Crippen LogP contribution in [0.2, 0.25) is 0 Å². The summed E-state index contributed by atoms with van der Waals surface area (Å²) in [5.41, 5.74) is 1.13. The summed E-state index contributed by atoms with van der Waals surface area (Å²) in [6.07, 6.45) is 2.59. The Morgan fingerprint density at radius 3 is 2.76 bits per heavy atom. The lowest BCUT2D eigenvalue weighted by atomic mass is 10.2. The van der Waals surface area contributed by atoms with E-state index in [2.05, 4.69) is 18.9 Å². The second-order valence-electron chi connectivity index (χ2n) is 4.72. The summed E-state index contributed by atoms with van der Waals surface area (Å²) in [5.74, 6) is -0.295. The standard InChI is InChI=1S/C12H21N3O2/c1-10(2)8-15(9-12(16)17)7-5-11-4-6-13-14(11)3/h4,6,10H,5,7-9H2,1-3H3,(H,16,17). The van der Waals surface area contributed by atoms with Crippen molar-refractivity contribution in [2.24, 2.45) is 13.0 Å². The number of aryl methyl sites for hydroxylation is 1. The maximum absolute atomic E-state index is 10.8. The van der Waals surface area contributed by atoms with Crippen LogP contribution in [0.5, 0.6) is 0 Å². The smallest absolute Gasteiger partial charge is 0.317 e. The van der Waals surface area contributed by atoms with Crippen molar-refractivity contribution in [1.82, 2.24) is 14.7 Å². The third kappa shape index (κ3) is 4.99. The highest BCUT2D eigenvalue weighted by Crippen LogP contribution is 2.03. The number of hydrogen-bond acceptors (Lipinski definition) is 3. The Balaban J connectivity index is 2.48. The van der Waals surface area contributed by atoms with Gasteiger partial charge in [0.1, 0.15) is 0 Å². The molecule has 5 nitrogen and oxygen atoms in total. The molecule has 0 amide bonds. The Morgan fingerprint density at radius 2 is 2.29 bits per heavy atom. The molecular formula is C12H21N3O2. The molecule has 0 radical (unpaired) electrons. The van der Waals surface area contributed by atoms with Gasteiger partial charge in [-0.1, -0.05) is 13.8 Å². The van der Waals surface area contributed by atoms with Gasteiger partial charge >= 0.3 is 5.97 Å². The van der Waals surface area contributed by atoms with Gasteiger partial charge in [0.15, 0.2) is 0 Å². The normalized spacial score (nSPS) is 11.4. The van der Waals surface area contributed by atoms with Crippen LogP contribution in [0.3, 0.4) is 0 Å². The number of rotatable bonds is 7. The minimum absolute atomic E-state index is 0.107. The van der Waals surface area contributed by atoms with Crippen LogP contribution >= 0.6 is 0 Å². The first-order chi connectivity index (χ1) is 7.99. The molecule has 0 unspecified atom stereocenters. The highest BCUT2D eigenvalue weighted by molar-refractivity contribution is 5.69. The third-order valence-corrected chi connectivity index (χ3v) is 2.59. The monoisotopic (exact) mass is 239 g/mol. The van der Waals surface area contributed by atoms with Crippen LogP contribution in [0.1, 0.15) is 19.5 Å². The second kappa shape index (κ2) is 6.39. The van der Waals surface area contributed by atoms with Crippen molar-refractivity contribution in [2.75, 3.05) is 19.6 Å². The molecule has 0 fully saturated rings. The van der Waals surface area contributed by atoms with Crippen LogP contribution in [-0.4, -0.2) is 45.4 Å². The van der Waals surface area contributed by atoms with Crippen LogP contribution in [-0.2, 0) is 18.3 Å². The van der Waals surface area contributed by atoms with Gasteiger partial charge in [-0.2, -0.15) is 5.10 Å². The fraction of sp³-hybridized carbons (Fsp3) is 0.667. The van der Waals surface area contributed by atoms with Gasteiger partial charge < -0.3 is 5.11 Å². The number of aromatic nitrogens is 2. The van der Waals surface area contributed by atoms with Crippen LogP contribution in [0.4, 0.5) is 0 Å². The van der Waals surface area contributed by atoms with Crippen molar-refractivity contribution in [2.45, 2.75) is 20.3 Å².